The second-order valence-corrected chi connectivity index (χ2v) is 5.02. The Kier molecular flexibility index (Phi) is 5.56. The average Bonchev–Trinajstić information content (AvgIpc) is 2.16. The number of amides is 1. The lowest BCUT2D eigenvalue weighted by atomic mass is 9.86. The van der Waals surface area contributed by atoms with Crippen LogP contribution in [0.25, 0.3) is 0 Å². The van der Waals surface area contributed by atoms with Gasteiger partial charge in [0.05, 0.1) is 6.04 Å². The minimum Gasteiger partial charge on any atom is -0.340 e. The van der Waals surface area contributed by atoms with Crippen LogP contribution in [0.5, 0.6) is 0 Å². The summed E-state index contributed by atoms with van der Waals surface area (Å²) in [6.07, 6.45) is 7.34. The highest BCUT2D eigenvalue weighted by Crippen LogP contribution is 2.27. The van der Waals surface area contributed by atoms with Gasteiger partial charge in [-0.2, -0.15) is 0 Å². The fraction of sp³-hybridized carbons (Fsp3) is 0.917. The molecule has 1 saturated heterocycles. The molecule has 0 radical (unpaired) electrons. The molecule has 1 N–H and O–H groups in total. The van der Waals surface area contributed by atoms with Crippen molar-refractivity contribution in [1.82, 2.24) is 10.2 Å². The van der Waals surface area contributed by atoms with Crippen LogP contribution in [0, 0.1) is 5.92 Å². The molecule has 3 nitrogen and oxygen atoms in total. The first-order valence-electron chi connectivity index (χ1n) is 6.24. The van der Waals surface area contributed by atoms with E-state index in [-0.39, 0.29) is 12.4 Å². The Bertz CT molecular complexity index is 225. The first-order valence-corrected chi connectivity index (χ1v) is 6.24. The van der Waals surface area contributed by atoms with Crippen LogP contribution in [0.2, 0.25) is 0 Å². The third kappa shape index (κ3) is 3.36. The summed E-state index contributed by atoms with van der Waals surface area (Å²) in [5.41, 5.74) is 0. The summed E-state index contributed by atoms with van der Waals surface area (Å²) < 4.78 is 0. The number of nitrogens with one attached hydrogen (secondary N) is 1. The van der Waals surface area contributed by atoms with Gasteiger partial charge in [0, 0.05) is 26.6 Å². The normalized spacial score (nSPS) is 22.1. The zero-order valence-corrected chi connectivity index (χ0v) is 10.9. The molecule has 0 bridgehead atoms. The summed E-state index contributed by atoms with van der Waals surface area (Å²) in [5.74, 6) is 1.02. The summed E-state index contributed by atoms with van der Waals surface area (Å²) in [7, 11) is 1.96. The number of nitrogens with zero attached hydrogens (tertiary/aromatic N) is 1. The van der Waals surface area contributed by atoms with E-state index in [0.717, 1.165) is 19.5 Å². The number of carbonyl (C=O) groups excluding carboxylic acids is 1. The lowest BCUT2D eigenvalue weighted by Gasteiger charge is -2.36. The highest BCUT2D eigenvalue weighted by molar-refractivity contribution is 5.85. The Labute approximate surface area is 104 Å². The maximum atomic E-state index is 11.9. The Morgan fingerprint density at radius 1 is 1.25 bits per heavy atom. The monoisotopic (exact) mass is 246 g/mol. The van der Waals surface area contributed by atoms with Gasteiger partial charge in [-0.3, -0.25) is 4.79 Å². The van der Waals surface area contributed by atoms with E-state index < -0.39 is 0 Å². The van der Waals surface area contributed by atoms with E-state index in [1.165, 1.54) is 32.1 Å². The number of hydrogen-bond acceptors (Lipinski definition) is 2. The highest BCUT2D eigenvalue weighted by atomic mass is 35.5. The predicted molar refractivity (Wildman–Crippen MR) is 67.9 cm³/mol. The quantitative estimate of drug-likeness (QED) is 0.824. The molecule has 16 heavy (non-hydrogen) atoms. The van der Waals surface area contributed by atoms with Gasteiger partial charge in [0.25, 0.3) is 0 Å². The standard InChI is InChI=1S/C12H22N2O.ClH/c1-14(11-8-13-9-11)12(15)7-10-5-3-2-4-6-10;/h10-11,13H,2-9H2,1H3;1H. The van der Waals surface area contributed by atoms with Crippen LogP contribution in [0.15, 0.2) is 0 Å². The number of rotatable bonds is 3. The van der Waals surface area contributed by atoms with Gasteiger partial charge < -0.3 is 10.2 Å². The lowest BCUT2D eigenvalue weighted by molar-refractivity contribution is -0.134. The van der Waals surface area contributed by atoms with Crippen LogP contribution < -0.4 is 5.32 Å². The Hall–Kier alpha value is -0.280. The zero-order valence-electron chi connectivity index (χ0n) is 10.1. The van der Waals surface area contributed by atoms with Gasteiger partial charge in [0.1, 0.15) is 0 Å². The largest absolute Gasteiger partial charge is 0.340 e. The summed E-state index contributed by atoms with van der Waals surface area (Å²) in [6.45, 7) is 1.96. The molecule has 1 heterocycles. The van der Waals surface area contributed by atoms with Crippen molar-refractivity contribution < 1.29 is 4.79 Å². The second kappa shape index (κ2) is 6.45. The SMILES string of the molecule is CN(C(=O)CC1CCCCC1)C1CNC1.Cl. The molecule has 0 spiro atoms. The Morgan fingerprint density at radius 2 is 1.88 bits per heavy atom. The average molecular weight is 247 g/mol. The van der Waals surface area contributed by atoms with Gasteiger partial charge >= 0.3 is 0 Å². The molecular formula is C12H23ClN2O. The van der Waals surface area contributed by atoms with Crippen molar-refractivity contribution in [2.24, 2.45) is 5.92 Å². The minimum atomic E-state index is 0. The van der Waals surface area contributed by atoms with Crippen molar-refractivity contribution in [2.45, 2.75) is 44.6 Å². The van der Waals surface area contributed by atoms with E-state index in [4.69, 9.17) is 0 Å². The molecule has 4 heteroatoms. The van der Waals surface area contributed by atoms with E-state index in [1.807, 2.05) is 11.9 Å². The highest BCUT2D eigenvalue weighted by Gasteiger charge is 2.27. The summed E-state index contributed by atoms with van der Waals surface area (Å²) in [4.78, 5) is 13.9. The first kappa shape index (κ1) is 13.8. The van der Waals surface area contributed by atoms with Gasteiger partial charge in [-0.15, -0.1) is 12.4 Å². The van der Waals surface area contributed by atoms with Crippen LogP contribution in [0.1, 0.15) is 38.5 Å². The fourth-order valence-corrected chi connectivity index (χ4v) is 2.53. The summed E-state index contributed by atoms with van der Waals surface area (Å²) in [6, 6.07) is 0.459. The maximum absolute atomic E-state index is 11.9. The van der Waals surface area contributed by atoms with E-state index in [1.54, 1.807) is 0 Å². The molecular weight excluding hydrogens is 224 g/mol. The van der Waals surface area contributed by atoms with Gasteiger partial charge in [-0.05, 0) is 18.8 Å². The molecule has 94 valence electrons. The summed E-state index contributed by atoms with van der Waals surface area (Å²) >= 11 is 0. The number of carbonyl (C=O) groups is 1. The molecule has 0 unspecified atom stereocenters. The molecule has 2 fully saturated rings. The van der Waals surface area contributed by atoms with Crippen molar-refractivity contribution in [3.8, 4) is 0 Å². The predicted octanol–water partition coefficient (Wildman–Crippen LogP) is 1.81. The van der Waals surface area contributed by atoms with Crippen molar-refractivity contribution in [3.05, 3.63) is 0 Å². The van der Waals surface area contributed by atoms with Crippen molar-refractivity contribution in [2.75, 3.05) is 20.1 Å². The van der Waals surface area contributed by atoms with Crippen molar-refractivity contribution in [1.29, 1.82) is 0 Å². The molecule has 0 aromatic rings. The molecule has 1 aliphatic heterocycles. The van der Waals surface area contributed by atoms with Crippen LogP contribution in [-0.4, -0.2) is 37.0 Å². The minimum absolute atomic E-state index is 0. The molecule has 0 aromatic heterocycles. The maximum Gasteiger partial charge on any atom is 0.222 e. The van der Waals surface area contributed by atoms with Crippen LogP contribution >= 0.6 is 12.4 Å². The molecule has 0 atom stereocenters. The Morgan fingerprint density at radius 3 is 2.38 bits per heavy atom. The molecule has 0 aromatic carbocycles. The molecule has 1 amide bonds. The third-order valence-corrected chi connectivity index (χ3v) is 3.89. The number of hydrogen-bond donors (Lipinski definition) is 1. The second-order valence-electron chi connectivity index (χ2n) is 5.02. The Balaban J connectivity index is 0.00000128. The lowest BCUT2D eigenvalue weighted by Crippen LogP contribution is -2.57. The van der Waals surface area contributed by atoms with Gasteiger partial charge in [-0.1, -0.05) is 19.3 Å². The third-order valence-electron chi connectivity index (χ3n) is 3.89. The molecule has 2 aliphatic rings. The van der Waals surface area contributed by atoms with Crippen molar-refractivity contribution >= 4 is 18.3 Å². The summed E-state index contributed by atoms with van der Waals surface area (Å²) in [5, 5.41) is 3.21. The zero-order chi connectivity index (χ0) is 10.7. The van der Waals surface area contributed by atoms with Gasteiger partial charge in [0.15, 0.2) is 0 Å². The number of halogens is 1. The number of likely N-dealkylation sites (N-methyl/N-ethyl adjacent to an activating group) is 1. The van der Waals surface area contributed by atoms with Crippen LogP contribution in [0.4, 0.5) is 0 Å². The topological polar surface area (TPSA) is 32.3 Å². The first-order chi connectivity index (χ1) is 7.27. The van der Waals surface area contributed by atoms with Crippen LogP contribution in [-0.2, 0) is 4.79 Å². The fourth-order valence-electron chi connectivity index (χ4n) is 2.53. The van der Waals surface area contributed by atoms with Crippen LogP contribution in [0.3, 0.4) is 0 Å². The van der Waals surface area contributed by atoms with Gasteiger partial charge in [-0.25, -0.2) is 0 Å². The van der Waals surface area contributed by atoms with E-state index in [2.05, 4.69) is 5.32 Å². The van der Waals surface area contributed by atoms with E-state index in [9.17, 15) is 4.79 Å². The smallest absolute Gasteiger partial charge is 0.222 e. The van der Waals surface area contributed by atoms with E-state index >= 15 is 0 Å². The molecule has 1 saturated carbocycles. The molecule has 2 rings (SSSR count). The van der Waals surface area contributed by atoms with Crippen molar-refractivity contribution in [3.63, 3.8) is 0 Å². The molecule has 1 aliphatic carbocycles. The van der Waals surface area contributed by atoms with Gasteiger partial charge in [0.2, 0.25) is 5.91 Å². The van der Waals surface area contributed by atoms with E-state index in [0.29, 0.717) is 17.9 Å².